The number of benzene rings is 1. The first kappa shape index (κ1) is 20.7. The van der Waals surface area contributed by atoms with Crippen LogP contribution in [0.1, 0.15) is 18.3 Å². The lowest BCUT2D eigenvalue weighted by Gasteiger charge is -2.12. The van der Waals surface area contributed by atoms with Crippen molar-refractivity contribution in [3.05, 3.63) is 53.0 Å². The number of nitrogens with one attached hydrogen (secondary N) is 3. The maximum Gasteiger partial charge on any atom is 0.216 e. The molecule has 0 saturated carbocycles. The van der Waals surface area contributed by atoms with E-state index in [1.807, 2.05) is 37.3 Å². The Morgan fingerprint density at radius 1 is 1.28 bits per heavy atom. The summed E-state index contributed by atoms with van der Waals surface area (Å²) in [4.78, 5) is 9.02. The second-order valence-electron chi connectivity index (χ2n) is 6.23. The molecular weight excluding hydrogens is 392 g/mol. The number of aromatic nitrogens is 3. The normalized spacial score (nSPS) is 11.5. The van der Waals surface area contributed by atoms with Crippen molar-refractivity contribution in [3.8, 4) is 17.3 Å². The molecule has 0 unspecified atom stereocenters. The fourth-order valence-corrected chi connectivity index (χ4v) is 2.98. The predicted molar refractivity (Wildman–Crippen MR) is 113 cm³/mol. The van der Waals surface area contributed by atoms with Crippen LogP contribution in [0.4, 0.5) is 0 Å². The van der Waals surface area contributed by atoms with Crippen molar-refractivity contribution >= 4 is 17.6 Å². The molecule has 0 fully saturated rings. The van der Waals surface area contributed by atoms with E-state index < -0.39 is 0 Å². The van der Waals surface area contributed by atoms with Gasteiger partial charge in [-0.05, 0) is 43.2 Å². The summed E-state index contributed by atoms with van der Waals surface area (Å²) >= 11 is 6.30. The summed E-state index contributed by atoms with van der Waals surface area (Å²) in [7, 11) is 1.63. The third-order valence-corrected chi connectivity index (χ3v) is 4.53. The smallest absolute Gasteiger partial charge is 0.216 e. The van der Waals surface area contributed by atoms with Crippen molar-refractivity contribution in [1.82, 2.24) is 25.8 Å². The van der Waals surface area contributed by atoms with E-state index in [0.717, 1.165) is 36.1 Å². The number of methoxy groups -OCH3 is 1. The van der Waals surface area contributed by atoms with Gasteiger partial charge in [0.05, 0.1) is 13.4 Å². The van der Waals surface area contributed by atoms with Crippen LogP contribution >= 0.6 is 11.6 Å². The number of hydrogen-bond acceptors (Lipinski definition) is 5. The second kappa shape index (κ2) is 10.5. The molecule has 0 saturated heterocycles. The second-order valence-corrected chi connectivity index (χ2v) is 6.63. The minimum atomic E-state index is 0.551. The van der Waals surface area contributed by atoms with Crippen molar-refractivity contribution in [3.63, 3.8) is 0 Å². The van der Waals surface area contributed by atoms with Crippen LogP contribution in [-0.4, -0.2) is 47.9 Å². The number of nitrogens with zero attached hydrogens (tertiary/aromatic N) is 3. The average Bonchev–Trinajstić information content (AvgIpc) is 3.41. The first-order chi connectivity index (χ1) is 14.2. The van der Waals surface area contributed by atoms with Gasteiger partial charge in [0.15, 0.2) is 11.7 Å². The van der Waals surface area contributed by atoms with Crippen LogP contribution in [0.2, 0.25) is 5.02 Å². The number of aromatic amines is 1. The number of H-pyrrole nitrogens is 1. The van der Waals surface area contributed by atoms with Gasteiger partial charge in [-0.1, -0.05) is 17.7 Å². The largest absolute Gasteiger partial charge is 0.497 e. The molecule has 8 nitrogen and oxygen atoms in total. The molecule has 0 spiro atoms. The summed E-state index contributed by atoms with van der Waals surface area (Å²) < 4.78 is 10.5. The zero-order valence-corrected chi connectivity index (χ0v) is 17.3. The van der Waals surface area contributed by atoms with Crippen molar-refractivity contribution in [2.24, 2.45) is 4.99 Å². The summed E-state index contributed by atoms with van der Waals surface area (Å²) in [5.74, 6) is 3.46. The minimum Gasteiger partial charge on any atom is -0.497 e. The molecule has 0 aliphatic heterocycles. The molecule has 1 aromatic carbocycles. The van der Waals surface area contributed by atoms with Crippen LogP contribution in [0.3, 0.4) is 0 Å². The molecule has 0 aliphatic carbocycles. The van der Waals surface area contributed by atoms with E-state index in [-0.39, 0.29) is 0 Å². The van der Waals surface area contributed by atoms with Crippen molar-refractivity contribution in [2.75, 3.05) is 26.7 Å². The van der Waals surface area contributed by atoms with Crippen molar-refractivity contribution < 1.29 is 9.15 Å². The van der Waals surface area contributed by atoms with Gasteiger partial charge in [-0.3, -0.25) is 10.1 Å². The number of rotatable bonds is 9. The van der Waals surface area contributed by atoms with E-state index in [1.165, 1.54) is 0 Å². The molecule has 2 heterocycles. The number of ether oxygens (including phenoxy) is 1. The Kier molecular flexibility index (Phi) is 7.52. The molecule has 3 N–H and O–H groups in total. The summed E-state index contributed by atoms with van der Waals surface area (Å²) in [6.45, 7) is 4.10. The quantitative estimate of drug-likeness (QED) is 0.366. The molecule has 0 radical (unpaired) electrons. The SMILES string of the molecule is CCNC(=NCCc1nc(-c2ccco2)n[nH]1)NCCc1ccc(OC)cc1Cl. The number of halogens is 1. The Morgan fingerprint density at radius 3 is 2.90 bits per heavy atom. The molecule has 0 atom stereocenters. The monoisotopic (exact) mass is 416 g/mol. The maximum atomic E-state index is 6.30. The van der Waals surface area contributed by atoms with E-state index in [0.29, 0.717) is 36.1 Å². The first-order valence-electron chi connectivity index (χ1n) is 9.49. The Hall–Kier alpha value is -3.00. The Balaban J connectivity index is 1.49. The Labute approximate surface area is 174 Å². The molecule has 3 aromatic rings. The molecule has 0 amide bonds. The van der Waals surface area contributed by atoms with Crippen molar-refractivity contribution in [2.45, 2.75) is 19.8 Å². The summed E-state index contributed by atoms with van der Waals surface area (Å²) in [6.07, 6.45) is 3.03. The Bertz CT molecular complexity index is 923. The van der Waals surface area contributed by atoms with E-state index in [1.54, 1.807) is 13.4 Å². The lowest BCUT2D eigenvalue weighted by Crippen LogP contribution is -2.38. The van der Waals surface area contributed by atoms with Gasteiger partial charge in [-0.2, -0.15) is 5.10 Å². The minimum absolute atomic E-state index is 0.551. The van der Waals surface area contributed by atoms with Gasteiger partial charge in [0.25, 0.3) is 0 Å². The van der Waals surface area contributed by atoms with E-state index >= 15 is 0 Å². The molecule has 0 bridgehead atoms. The topological polar surface area (TPSA) is 100 Å². The average molecular weight is 417 g/mol. The lowest BCUT2D eigenvalue weighted by atomic mass is 10.1. The van der Waals surface area contributed by atoms with E-state index in [4.69, 9.17) is 20.8 Å². The van der Waals surface area contributed by atoms with Crippen LogP contribution in [0.15, 0.2) is 46.0 Å². The predicted octanol–water partition coefficient (Wildman–Crippen LogP) is 3.07. The van der Waals surface area contributed by atoms with Crippen LogP contribution in [0.5, 0.6) is 5.75 Å². The lowest BCUT2D eigenvalue weighted by molar-refractivity contribution is 0.414. The van der Waals surface area contributed by atoms with Gasteiger partial charge in [-0.15, -0.1) is 0 Å². The summed E-state index contributed by atoms with van der Waals surface area (Å²) in [5.41, 5.74) is 1.06. The van der Waals surface area contributed by atoms with Crippen LogP contribution in [-0.2, 0) is 12.8 Å². The van der Waals surface area contributed by atoms with Gasteiger partial charge >= 0.3 is 0 Å². The van der Waals surface area contributed by atoms with E-state index in [9.17, 15) is 0 Å². The molecule has 9 heteroatoms. The number of furan rings is 1. The number of hydrogen-bond donors (Lipinski definition) is 3. The number of guanidine groups is 1. The van der Waals surface area contributed by atoms with Gasteiger partial charge in [0, 0.05) is 31.1 Å². The maximum absolute atomic E-state index is 6.30. The first-order valence-corrected chi connectivity index (χ1v) is 9.87. The fourth-order valence-electron chi connectivity index (χ4n) is 2.71. The highest BCUT2D eigenvalue weighted by Gasteiger charge is 2.08. The zero-order valence-electron chi connectivity index (χ0n) is 16.5. The van der Waals surface area contributed by atoms with Gasteiger partial charge in [0.1, 0.15) is 11.6 Å². The fraction of sp³-hybridized carbons (Fsp3) is 0.350. The Morgan fingerprint density at radius 2 is 2.17 bits per heavy atom. The molecule has 2 aromatic heterocycles. The van der Waals surface area contributed by atoms with E-state index in [2.05, 4.69) is 30.8 Å². The molecule has 154 valence electrons. The van der Waals surface area contributed by atoms with Gasteiger partial charge in [-0.25, -0.2) is 4.98 Å². The van der Waals surface area contributed by atoms with Crippen molar-refractivity contribution in [1.29, 1.82) is 0 Å². The highest BCUT2D eigenvalue weighted by molar-refractivity contribution is 6.31. The molecule has 3 rings (SSSR count). The third kappa shape index (κ3) is 5.99. The highest BCUT2D eigenvalue weighted by atomic mass is 35.5. The molecular formula is C20H25ClN6O2. The van der Waals surface area contributed by atoms with Crippen LogP contribution in [0, 0.1) is 0 Å². The number of aliphatic imine (C=N–C) groups is 1. The summed E-state index contributed by atoms with van der Waals surface area (Å²) in [6, 6.07) is 9.35. The highest BCUT2D eigenvalue weighted by Crippen LogP contribution is 2.22. The molecule has 0 aliphatic rings. The molecule has 29 heavy (non-hydrogen) atoms. The van der Waals surface area contributed by atoms with Gasteiger partial charge < -0.3 is 19.8 Å². The van der Waals surface area contributed by atoms with Gasteiger partial charge in [0.2, 0.25) is 5.82 Å². The summed E-state index contributed by atoms with van der Waals surface area (Å²) in [5, 5.41) is 14.4. The van der Waals surface area contributed by atoms with Crippen LogP contribution < -0.4 is 15.4 Å². The van der Waals surface area contributed by atoms with Crippen LogP contribution in [0.25, 0.3) is 11.6 Å². The zero-order chi connectivity index (χ0) is 20.5. The third-order valence-electron chi connectivity index (χ3n) is 4.18. The standard InChI is InChI=1S/C20H25ClN6O2/c1-3-22-20(23-10-8-14-6-7-15(28-2)13-16(14)21)24-11-9-18-25-19(27-26-18)17-5-4-12-29-17/h4-7,12-13H,3,8-11H2,1-2H3,(H2,22,23,24)(H,25,26,27).